The van der Waals surface area contributed by atoms with Crippen LogP contribution >= 0.6 is 24.4 Å². The van der Waals surface area contributed by atoms with E-state index in [2.05, 4.69) is 17.8 Å². The first-order valence-corrected chi connectivity index (χ1v) is 7.37. The van der Waals surface area contributed by atoms with Crippen LogP contribution in [-0.2, 0) is 4.79 Å². The van der Waals surface area contributed by atoms with Crippen molar-refractivity contribution in [2.24, 2.45) is 4.99 Å². The van der Waals surface area contributed by atoms with Crippen molar-refractivity contribution < 1.29 is 9.72 Å². The molecule has 1 heterocycles. The Morgan fingerprint density at radius 2 is 1.96 bits per heavy atom. The lowest BCUT2D eigenvalue weighted by molar-refractivity contribution is -0.384. The highest BCUT2D eigenvalue weighted by atomic mass is 35.5. The number of nitro groups is 1. The summed E-state index contributed by atoms with van der Waals surface area (Å²) in [5.41, 5.74) is 1.80. The van der Waals surface area contributed by atoms with Gasteiger partial charge in [-0.3, -0.25) is 24.2 Å². The van der Waals surface area contributed by atoms with E-state index in [4.69, 9.17) is 11.6 Å². The summed E-state index contributed by atoms with van der Waals surface area (Å²) < 4.78 is 1.15. The van der Waals surface area contributed by atoms with E-state index in [0.29, 0.717) is 27.5 Å². The Kier molecular flexibility index (Phi) is 4.06. The number of nitrogens with zero attached hydrogens (tertiary/aromatic N) is 3. The molecule has 0 fully saturated rings. The van der Waals surface area contributed by atoms with E-state index >= 15 is 0 Å². The molecule has 1 aliphatic rings. The van der Waals surface area contributed by atoms with Crippen molar-refractivity contribution >= 4 is 47.4 Å². The fourth-order valence-electron chi connectivity index (χ4n) is 2.33. The van der Waals surface area contributed by atoms with Crippen molar-refractivity contribution in [3.63, 3.8) is 0 Å². The molecule has 3 rings (SSSR count). The lowest BCUT2D eigenvalue weighted by atomic mass is 10.00. The zero-order chi connectivity index (χ0) is 16.6. The fourth-order valence-corrected chi connectivity index (χ4v) is 2.79. The molecule has 0 saturated heterocycles. The highest BCUT2D eigenvalue weighted by molar-refractivity contribution is 7.82. The summed E-state index contributed by atoms with van der Waals surface area (Å²) >= 11 is 10.4. The molecule has 116 valence electrons. The summed E-state index contributed by atoms with van der Waals surface area (Å²) in [6.45, 7) is -0.119. The van der Waals surface area contributed by atoms with Crippen molar-refractivity contribution in [3.05, 3.63) is 68.7 Å². The zero-order valence-electron chi connectivity index (χ0n) is 11.6. The Morgan fingerprint density at radius 3 is 2.65 bits per heavy atom. The molecule has 1 aliphatic heterocycles. The maximum absolute atomic E-state index is 12.0. The Hall–Kier alpha value is -2.38. The molecule has 0 bridgehead atoms. The summed E-state index contributed by atoms with van der Waals surface area (Å²) in [6.07, 6.45) is 0. The minimum Gasteiger partial charge on any atom is -0.274 e. The predicted molar refractivity (Wildman–Crippen MR) is 91.5 cm³/mol. The fraction of sp³-hybridized carbons (Fsp3) is 0.0667. The maximum Gasteiger partial charge on any atom is 0.270 e. The van der Waals surface area contributed by atoms with Crippen LogP contribution in [-0.4, -0.2) is 23.1 Å². The van der Waals surface area contributed by atoms with Gasteiger partial charge in [0.1, 0.15) is 6.54 Å². The molecule has 0 N–H and O–H groups in total. The molecule has 0 atom stereocenters. The van der Waals surface area contributed by atoms with E-state index < -0.39 is 4.92 Å². The average molecular weight is 348 g/mol. The van der Waals surface area contributed by atoms with Gasteiger partial charge in [0.25, 0.3) is 11.6 Å². The first-order valence-electron chi connectivity index (χ1n) is 6.59. The van der Waals surface area contributed by atoms with Gasteiger partial charge in [-0.15, -0.1) is 0 Å². The lowest BCUT2D eigenvalue weighted by Gasteiger charge is -2.16. The maximum atomic E-state index is 12.0. The van der Waals surface area contributed by atoms with Crippen molar-refractivity contribution in [3.8, 4) is 0 Å². The molecule has 2 aromatic rings. The highest BCUT2D eigenvalue weighted by Gasteiger charge is 2.26. The number of halogens is 1. The van der Waals surface area contributed by atoms with Gasteiger partial charge < -0.3 is 0 Å². The topological polar surface area (TPSA) is 75.8 Å². The Bertz CT molecular complexity index is 854. The minimum atomic E-state index is -0.500. The number of hydrogen-bond donors (Lipinski definition) is 1. The van der Waals surface area contributed by atoms with Gasteiger partial charge in [0.15, 0.2) is 0 Å². The molecule has 0 saturated carbocycles. The summed E-state index contributed by atoms with van der Waals surface area (Å²) in [5.74, 6) is -0.328. The molecule has 1 amide bonds. The number of amides is 1. The number of carbonyl (C=O) groups excluding carboxylic acids is 1. The molecule has 0 aromatic heterocycles. The van der Waals surface area contributed by atoms with E-state index in [9.17, 15) is 14.9 Å². The van der Waals surface area contributed by atoms with Crippen LogP contribution in [0.2, 0.25) is 5.02 Å². The number of thiol groups is 1. The van der Waals surface area contributed by atoms with Crippen LogP contribution in [0.1, 0.15) is 11.1 Å². The number of anilines is 1. The molecule has 8 heteroatoms. The predicted octanol–water partition coefficient (Wildman–Crippen LogP) is 3.28. The van der Waals surface area contributed by atoms with E-state index in [1.54, 1.807) is 24.3 Å². The van der Waals surface area contributed by atoms with Crippen LogP contribution in [0, 0.1) is 10.1 Å². The third kappa shape index (κ3) is 2.80. The van der Waals surface area contributed by atoms with Gasteiger partial charge in [0, 0.05) is 28.3 Å². The standard InChI is InChI=1S/C15H10ClN3O3S/c16-12-4-2-1-3-10(12)15-11-7-9(19(21)22)5-6-13(11)18(23)14(20)8-17-15/h1-7,23H,8H2. The normalized spacial score (nSPS) is 14.1. The minimum absolute atomic E-state index is 0.0976. The first kappa shape index (κ1) is 15.5. The summed E-state index contributed by atoms with van der Waals surface area (Å²) in [4.78, 5) is 26.9. The quantitative estimate of drug-likeness (QED) is 0.514. The average Bonchev–Trinajstić information content (AvgIpc) is 2.66. The van der Waals surface area contributed by atoms with Gasteiger partial charge >= 0.3 is 0 Å². The molecule has 0 unspecified atom stereocenters. The van der Waals surface area contributed by atoms with Crippen molar-refractivity contribution in [2.45, 2.75) is 0 Å². The van der Waals surface area contributed by atoms with Crippen LogP contribution < -0.4 is 4.31 Å². The second kappa shape index (κ2) is 6.02. The summed E-state index contributed by atoms with van der Waals surface area (Å²) in [7, 11) is 0. The van der Waals surface area contributed by atoms with E-state index in [1.165, 1.54) is 18.2 Å². The second-order valence-corrected chi connectivity index (χ2v) is 5.62. The van der Waals surface area contributed by atoms with Gasteiger partial charge in [-0.1, -0.05) is 42.6 Å². The number of hydrogen-bond acceptors (Lipinski definition) is 5. The summed E-state index contributed by atoms with van der Waals surface area (Å²) in [5, 5.41) is 11.5. The molecule has 0 aliphatic carbocycles. The van der Waals surface area contributed by atoms with Crippen LogP contribution in [0.25, 0.3) is 0 Å². The third-order valence-corrected chi connectivity index (χ3v) is 4.18. The second-order valence-electron chi connectivity index (χ2n) is 4.81. The Morgan fingerprint density at radius 1 is 1.22 bits per heavy atom. The smallest absolute Gasteiger partial charge is 0.270 e. The number of non-ortho nitro benzene ring substituents is 1. The number of benzodiazepines with no additional fused rings is 1. The van der Waals surface area contributed by atoms with Crippen molar-refractivity contribution in [1.29, 1.82) is 0 Å². The van der Waals surface area contributed by atoms with E-state index in [0.717, 1.165) is 4.31 Å². The van der Waals surface area contributed by atoms with Crippen LogP contribution in [0.15, 0.2) is 47.5 Å². The number of rotatable bonds is 2. The van der Waals surface area contributed by atoms with Gasteiger partial charge in [-0.05, 0) is 12.1 Å². The van der Waals surface area contributed by atoms with Gasteiger partial charge in [0.05, 0.1) is 16.3 Å². The number of aliphatic imine (C=N–C) groups is 1. The monoisotopic (exact) mass is 347 g/mol. The zero-order valence-corrected chi connectivity index (χ0v) is 13.3. The number of carbonyl (C=O) groups is 1. The van der Waals surface area contributed by atoms with Crippen molar-refractivity contribution in [1.82, 2.24) is 0 Å². The van der Waals surface area contributed by atoms with Crippen LogP contribution in [0.3, 0.4) is 0 Å². The Labute approximate surface area is 142 Å². The Balaban J connectivity index is 2.27. The SMILES string of the molecule is O=C1CN=C(c2ccccc2Cl)c2cc([N+](=O)[O-])ccc2N1S. The first-order chi connectivity index (χ1) is 11.0. The van der Waals surface area contributed by atoms with Crippen molar-refractivity contribution in [2.75, 3.05) is 10.8 Å². The van der Waals surface area contributed by atoms with Gasteiger partial charge in [0.2, 0.25) is 0 Å². The highest BCUT2D eigenvalue weighted by Crippen LogP contribution is 2.32. The molecule has 0 radical (unpaired) electrons. The van der Waals surface area contributed by atoms with E-state index in [1.807, 2.05) is 0 Å². The number of nitro benzene ring substituents is 1. The summed E-state index contributed by atoms with van der Waals surface area (Å²) in [6, 6.07) is 11.2. The molecule has 2 aromatic carbocycles. The number of benzene rings is 2. The lowest BCUT2D eigenvalue weighted by Crippen LogP contribution is -2.22. The number of fused-ring (bicyclic) bond motifs is 1. The third-order valence-electron chi connectivity index (χ3n) is 3.41. The van der Waals surface area contributed by atoms with E-state index in [-0.39, 0.29) is 18.1 Å². The largest absolute Gasteiger partial charge is 0.274 e. The van der Waals surface area contributed by atoms with Gasteiger partial charge in [-0.2, -0.15) is 0 Å². The van der Waals surface area contributed by atoms with Crippen LogP contribution in [0.4, 0.5) is 11.4 Å². The molecule has 23 heavy (non-hydrogen) atoms. The van der Waals surface area contributed by atoms with Gasteiger partial charge in [-0.25, -0.2) is 0 Å². The molecule has 0 spiro atoms. The molecular formula is C15H10ClN3O3S. The molecule has 6 nitrogen and oxygen atoms in total. The molecular weight excluding hydrogens is 338 g/mol. The van der Waals surface area contributed by atoms with Crippen LogP contribution in [0.5, 0.6) is 0 Å².